The zero-order valence-corrected chi connectivity index (χ0v) is 8.47. The van der Waals surface area contributed by atoms with Crippen LogP contribution in [-0.2, 0) is 12.7 Å². The molecule has 1 heterocycles. The number of alkyl halides is 5. The van der Waals surface area contributed by atoms with E-state index in [1.165, 1.54) is 0 Å². The molecule has 0 radical (unpaired) electrons. The third-order valence-electron chi connectivity index (χ3n) is 1.80. The van der Waals surface area contributed by atoms with Crippen molar-refractivity contribution >= 4 is 0 Å². The van der Waals surface area contributed by atoms with Crippen LogP contribution in [0, 0.1) is 0 Å². The molecule has 0 fully saturated rings. The van der Waals surface area contributed by atoms with Crippen LogP contribution in [0.2, 0.25) is 0 Å². The average molecular weight is 256 g/mol. The number of halogens is 5. The van der Waals surface area contributed by atoms with Crippen molar-refractivity contribution in [2.75, 3.05) is 6.61 Å². The fourth-order valence-electron chi connectivity index (χ4n) is 1.05. The number of nitrogens with two attached hydrogens (primary N) is 1. The van der Waals surface area contributed by atoms with Gasteiger partial charge in [-0.15, -0.1) is 0 Å². The highest BCUT2D eigenvalue weighted by molar-refractivity contribution is 5.29. The summed E-state index contributed by atoms with van der Waals surface area (Å²) in [5, 5.41) is 0. The first kappa shape index (κ1) is 13.6. The molecule has 0 saturated heterocycles. The average Bonchev–Trinajstić information content (AvgIpc) is 2.24. The lowest BCUT2D eigenvalue weighted by Crippen LogP contribution is -2.14. The summed E-state index contributed by atoms with van der Waals surface area (Å²) in [5.74, 6) is -0.511. The van der Waals surface area contributed by atoms with Gasteiger partial charge in [0.2, 0.25) is 5.88 Å². The zero-order valence-electron chi connectivity index (χ0n) is 8.47. The minimum Gasteiger partial charge on any atom is -0.471 e. The summed E-state index contributed by atoms with van der Waals surface area (Å²) in [5.41, 5.74) is 4.16. The summed E-state index contributed by atoms with van der Waals surface area (Å²) in [6, 6.07) is 1.77. The van der Waals surface area contributed by atoms with Crippen LogP contribution in [-0.4, -0.2) is 18.0 Å². The van der Waals surface area contributed by atoms with E-state index in [4.69, 9.17) is 5.73 Å². The van der Waals surface area contributed by atoms with Crippen molar-refractivity contribution in [2.24, 2.45) is 5.73 Å². The first-order valence-electron chi connectivity index (χ1n) is 4.52. The predicted molar refractivity (Wildman–Crippen MR) is 48.6 cm³/mol. The van der Waals surface area contributed by atoms with Gasteiger partial charge in [-0.25, -0.2) is 13.8 Å². The summed E-state index contributed by atoms with van der Waals surface area (Å²) >= 11 is 0. The standard InChI is InChI=1S/C9H9F5N2O/c10-7(11)4-17-8-5(3-15)1-2-6(16-8)9(12,13)14/h1-2,7H,3-4,15H2. The molecule has 0 aliphatic rings. The van der Waals surface area contributed by atoms with Crippen molar-refractivity contribution in [3.63, 3.8) is 0 Å². The minimum absolute atomic E-state index is 0.138. The summed E-state index contributed by atoms with van der Waals surface area (Å²) in [6.07, 6.45) is -7.45. The molecule has 0 unspecified atom stereocenters. The molecule has 0 aromatic carbocycles. The highest BCUT2D eigenvalue weighted by atomic mass is 19.4. The Kier molecular flexibility index (Phi) is 4.22. The normalized spacial score (nSPS) is 11.9. The highest BCUT2D eigenvalue weighted by Crippen LogP contribution is 2.30. The molecule has 0 amide bonds. The van der Waals surface area contributed by atoms with Gasteiger partial charge in [-0.1, -0.05) is 6.07 Å². The smallest absolute Gasteiger partial charge is 0.433 e. The van der Waals surface area contributed by atoms with E-state index in [9.17, 15) is 22.0 Å². The molecular formula is C9H9F5N2O. The summed E-state index contributed by atoms with van der Waals surface area (Å²) in [6.45, 7) is -1.18. The van der Waals surface area contributed by atoms with Gasteiger partial charge in [-0.3, -0.25) is 0 Å². The SMILES string of the molecule is NCc1ccc(C(F)(F)F)nc1OCC(F)F. The van der Waals surface area contributed by atoms with Crippen molar-refractivity contribution < 1.29 is 26.7 Å². The van der Waals surface area contributed by atoms with E-state index in [-0.39, 0.29) is 12.1 Å². The van der Waals surface area contributed by atoms with Crippen LogP contribution in [0.3, 0.4) is 0 Å². The third kappa shape index (κ3) is 3.81. The number of hydrogen-bond donors (Lipinski definition) is 1. The van der Waals surface area contributed by atoms with Crippen molar-refractivity contribution in [3.8, 4) is 5.88 Å². The number of hydrogen-bond acceptors (Lipinski definition) is 3. The Morgan fingerprint density at radius 1 is 1.29 bits per heavy atom. The van der Waals surface area contributed by atoms with Crippen LogP contribution in [0.1, 0.15) is 11.3 Å². The molecule has 8 heteroatoms. The van der Waals surface area contributed by atoms with Gasteiger partial charge >= 0.3 is 6.18 Å². The monoisotopic (exact) mass is 256 g/mol. The summed E-state index contributed by atoms with van der Waals surface area (Å²) in [7, 11) is 0. The van der Waals surface area contributed by atoms with Gasteiger partial charge in [-0.05, 0) is 6.07 Å². The topological polar surface area (TPSA) is 48.1 Å². The molecule has 96 valence electrons. The van der Waals surface area contributed by atoms with Gasteiger partial charge in [0.1, 0.15) is 5.69 Å². The van der Waals surface area contributed by atoms with Gasteiger partial charge in [-0.2, -0.15) is 13.2 Å². The van der Waals surface area contributed by atoms with Crippen molar-refractivity contribution in [3.05, 3.63) is 23.4 Å². The van der Waals surface area contributed by atoms with E-state index >= 15 is 0 Å². The van der Waals surface area contributed by atoms with Crippen molar-refractivity contribution in [1.29, 1.82) is 0 Å². The minimum atomic E-state index is -4.66. The fraction of sp³-hybridized carbons (Fsp3) is 0.444. The Balaban J connectivity index is 2.98. The molecule has 0 atom stereocenters. The molecule has 3 nitrogen and oxygen atoms in total. The maximum atomic E-state index is 12.3. The lowest BCUT2D eigenvalue weighted by molar-refractivity contribution is -0.141. The van der Waals surface area contributed by atoms with Gasteiger partial charge in [0.05, 0.1) is 0 Å². The highest BCUT2D eigenvalue weighted by Gasteiger charge is 2.33. The molecule has 0 aliphatic heterocycles. The van der Waals surface area contributed by atoms with E-state index in [0.29, 0.717) is 0 Å². The van der Waals surface area contributed by atoms with E-state index in [1.54, 1.807) is 0 Å². The van der Waals surface area contributed by atoms with Crippen LogP contribution < -0.4 is 10.5 Å². The maximum absolute atomic E-state index is 12.3. The Bertz CT molecular complexity index is 380. The second kappa shape index (κ2) is 5.26. The van der Waals surface area contributed by atoms with Crippen LogP contribution in [0.4, 0.5) is 22.0 Å². The fourth-order valence-corrected chi connectivity index (χ4v) is 1.05. The molecular weight excluding hydrogens is 247 g/mol. The first-order chi connectivity index (χ1) is 7.84. The van der Waals surface area contributed by atoms with Crippen LogP contribution in [0.5, 0.6) is 5.88 Å². The second-order valence-corrected chi connectivity index (χ2v) is 3.06. The van der Waals surface area contributed by atoms with Crippen molar-refractivity contribution in [1.82, 2.24) is 4.98 Å². The molecule has 0 spiro atoms. The number of rotatable bonds is 4. The Morgan fingerprint density at radius 2 is 1.94 bits per heavy atom. The van der Waals surface area contributed by atoms with Gasteiger partial charge in [0, 0.05) is 12.1 Å². The summed E-state index contributed by atoms with van der Waals surface area (Å²) < 4.78 is 65.2. The molecule has 1 rings (SSSR count). The molecule has 1 aromatic rings. The predicted octanol–water partition coefficient (Wildman–Crippen LogP) is 2.20. The van der Waals surface area contributed by atoms with Crippen LogP contribution in [0.15, 0.2) is 12.1 Å². The van der Waals surface area contributed by atoms with Crippen LogP contribution >= 0.6 is 0 Å². The first-order valence-corrected chi connectivity index (χ1v) is 4.52. The summed E-state index contributed by atoms with van der Waals surface area (Å²) in [4.78, 5) is 3.13. The quantitative estimate of drug-likeness (QED) is 0.840. The van der Waals surface area contributed by atoms with E-state index in [0.717, 1.165) is 12.1 Å². The molecule has 17 heavy (non-hydrogen) atoms. The number of pyridine rings is 1. The number of aromatic nitrogens is 1. The Labute approximate surface area is 93.4 Å². The largest absolute Gasteiger partial charge is 0.471 e. The zero-order chi connectivity index (χ0) is 13.1. The van der Waals surface area contributed by atoms with Gasteiger partial charge < -0.3 is 10.5 Å². The lowest BCUT2D eigenvalue weighted by atomic mass is 10.2. The Hall–Kier alpha value is -1.44. The molecule has 0 saturated carbocycles. The lowest BCUT2D eigenvalue weighted by Gasteiger charge is -2.12. The molecule has 0 bridgehead atoms. The van der Waals surface area contributed by atoms with E-state index < -0.39 is 30.8 Å². The van der Waals surface area contributed by atoms with E-state index in [1.807, 2.05) is 0 Å². The Morgan fingerprint density at radius 3 is 2.41 bits per heavy atom. The molecule has 2 N–H and O–H groups in total. The van der Waals surface area contributed by atoms with Gasteiger partial charge in [0.15, 0.2) is 6.61 Å². The second-order valence-electron chi connectivity index (χ2n) is 3.06. The molecule has 1 aromatic heterocycles. The third-order valence-corrected chi connectivity index (χ3v) is 1.80. The molecule has 0 aliphatic carbocycles. The maximum Gasteiger partial charge on any atom is 0.433 e. The van der Waals surface area contributed by atoms with Crippen LogP contribution in [0.25, 0.3) is 0 Å². The van der Waals surface area contributed by atoms with E-state index in [2.05, 4.69) is 9.72 Å². The number of nitrogens with zero attached hydrogens (tertiary/aromatic N) is 1. The van der Waals surface area contributed by atoms with Gasteiger partial charge in [0.25, 0.3) is 6.43 Å². The van der Waals surface area contributed by atoms with Crippen molar-refractivity contribution in [2.45, 2.75) is 19.1 Å². The number of ether oxygens (including phenoxy) is 1.